The van der Waals surface area contributed by atoms with Crippen molar-refractivity contribution in [2.45, 2.75) is 20.3 Å². The molecular formula is C18H23N3O5. The Morgan fingerprint density at radius 1 is 1.19 bits per heavy atom. The van der Waals surface area contributed by atoms with Crippen LogP contribution in [0, 0.1) is 6.92 Å². The maximum Gasteiger partial charge on any atom is 0.343 e. The van der Waals surface area contributed by atoms with Crippen LogP contribution in [0.2, 0.25) is 0 Å². The van der Waals surface area contributed by atoms with Gasteiger partial charge in [-0.3, -0.25) is 9.48 Å². The van der Waals surface area contributed by atoms with E-state index in [1.807, 2.05) is 0 Å². The van der Waals surface area contributed by atoms with Crippen LogP contribution >= 0.6 is 0 Å². The molecule has 0 fully saturated rings. The summed E-state index contributed by atoms with van der Waals surface area (Å²) in [6.45, 7) is 3.65. The predicted octanol–water partition coefficient (Wildman–Crippen LogP) is 2.10. The van der Waals surface area contributed by atoms with Gasteiger partial charge in [0.2, 0.25) is 5.91 Å². The molecular weight excluding hydrogens is 338 g/mol. The summed E-state index contributed by atoms with van der Waals surface area (Å²) in [4.78, 5) is 24.6. The molecule has 0 spiro atoms. The third-order valence-corrected chi connectivity index (χ3v) is 3.77. The van der Waals surface area contributed by atoms with Crippen molar-refractivity contribution in [2.24, 2.45) is 7.05 Å². The number of ether oxygens (including phenoxy) is 3. The number of carbonyl (C=O) groups is 2. The van der Waals surface area contributed by atoms with Gasteiger partial charge in [-0.05, 0) is 31.5 Å². The number of hydrogen-bond acceptors (Lipinski definition) is 6. The summed E-state index contributed by atoms with van der Waals surface area (Å²) in [5.74, 6) is 0.640. The average molecular weight is 361 g/mol. The van der Waals surface area contributed by atoms with Gasteiger partial charge in [0.25, 0.3) is 0 Å². The maximum atomic E-state index is 12.5. The lowest BCUT2D eigenvalue weighted by Gasteiger charge is -2.11. The number of nitrogens with zero attached hydrogens (tertiary/aromatic N) is 2. The van der Waals surface area contributed by atoms with Gasteiger partial charge in [0.05, 0.1) is 32.9 Å². The molecule has 1 aromatic carbocycles. The van der Waals surface area contributed by atoms with E-state index >= 15 is 0 Å². The molecule has 0 bridgehead atoms. The highest BCUT2D eigenvalue weighted by molar-refractivity contribution is 6.01. The minimum atomic E-state index is -0.514. The summed E-state index contributed by atoms with van der Waals surface area (Å²) in [5.41, 5.74) is 1.50. The number of hydrogen-bond donors (Lipinski definition) is 1. The molecule has 0 atom stereocenters. The normalized spacial score (nSPS) is 10.3. The van der Waals surface area contributed by atoms with Gasteiger partial charge in [0.1, 0.15) is 11.4 Å². The van der Waals surface area contributed by atoms with Crippen LogP contribution in [0.5, 0.6) is 11.5 Å². The van der Waals surface area contributed by atoms with E-state index in [0.29, 0.717) is 23.0 Å². The molecule has 0 saturated carbocycles. The molecule has 1 heterocycles. The highest BCUT2D eigenvalue weighted by atomic mass is 16.5. The van der Waals surface area contributed by atoms with E-state index in [1.54, 1.807) is 46.2 Å². The van der Waals surface area contributed by atoms with Crippen LogP contribution in [-0.4, -0.2) is 42.5 Å². The van der Waals surface area contributed by atoms with Crippen molar-refractivity contribution in [2.75, 3.05) is 26.1 Å². The average Bonchev–Trinajstić information content (AvgIpc) is 2.88. The molecule has 0 radical (unpaired) electrons. The SMILES string of the molecule is CCOC(=O)c1c(C)nn(C)c1NC(=O)Cc1ccc(OC)c(OC)c1. The van der Waals surface area contributed by atoms with Gasteiger partial charge < -0.3 is 19.5 Å². The standard InChI is InChI=1S/C18H23N3O5/c1-6-26-18(23)16-11(2)20-21(3)17(16)19-15(22)10-12-7-8-13(24-4)14(9-12)25-5/h7-9H,6,10H2,1-5H3,(H,19,22). The number of esters is 1. The van der Waals surface area contributed by atoms with E-state index < -0.39 is 5.97 Å². The quantitative estimate of drug-likeness (QED) is 0.760. The van der Waals surface area contributed by atoms with Crippen molar-refractivity contribution in [3.8, 4) is 11.5 Å². The van der Waals surface area contributed by atoms with Crippen LogP contribution in [0.1, 0.15) is 28.5 Å². The van der Waals surface area contributed by atoms with Gasteiger partial charge in [0, 0.05) is 7.05 Å². The second-order valence-electron chi connectivity index (χ2n) is 5.57. The van der Waals surface area contributed by atoms with Crippen molar-refractivity contribution in [1.82, 2.24) is 9.78 Å². The molecule has 0 aliphatic carbocycles. The third-order valence-electron chi connectivity index (χ3n) is 3.77. The van der Waals surface area contributed by atoms with E-state index in [1.165, 1.54) is 11.8 Å². The van der Waals surface area contributed by atoms with Crippen molar-refractivity contribution in [3.05, 3.63) is 35.0 Å². The van der Waals surface area contributed by atoms with E-state index in [-0.39, 0.29) is 24.5 Å². The summed E-state index contributed by atoms with van der Waals surface area (Å²) < 4.78 is 16.9. The van der Waals surface area contributed by atoms with Crippen LogP contribution in [0.25, 0.3) is 0 Å². The highest BCUT2D eigenvalue weighted by Crippen LogP contribution is 2.28. The van der Waals surface area contributed by atoms with Gasteiger partial charge in [-0.1, -0.05) is 6.07 Å². The molecule has 140 valence electrons. The Bertz CT molecular complexity index is 813. The first-order valence-electron chi connectivity index (χ1n) is 8.12. The van der Waals surface area contributed by atoms with Crippen LogP contribution < -0.4 is 14.8 Å². The number of anilines is 1. The lowest BCUT2D eigenvalue weighted by molar-refractivity contribution is -0.115. The second-order valence-corrected chi connectivity index (χ2v) is 5.57. The van der Waals surface area contributed by atoms with Gasteiger partial charge >= 0.3 is 5.97 Å². The summed E-state index contributed by atoms with van der Waals surface area (Å²) in [6.07, 6.45) is 0.104. The number of aromatic nitrogens is 2. The molecule has 0 aliphatic rings. The van der Waals surface area contributed by atoms with Gasteiger partial charge in [-0.15, -0.1) is 0 Å². The van der Waals surface area contributed by atoms with Crippen molar-refractivity contribution in [3.63, 3.8) is 0 Å². The number of benzene rings is 1. The largest absolute Gasteiger partial charge is 0.493 e. The second kappa shape index (κ2) is 8.37. The van der Waals surface area contributed by atoms with Crippen LogP contribution in [0.3, 0.4) is 0 Å². The zero-order valence-electron chi connectivity index (χ0n) is 15.6. The van der Waals surface area contributed by atoms with Gasteiger partial charge in [-0.25, -0.2) is 4.79 Å². The van der Waals surface area contributed by atoms with Crippen LogP contribution in [0.15, 0.2) is 18.2 Å². The molecule has 1 aromatic heterocycles. The van der Waals surface area contributed by atoms with E-state index in [2.05, 4.69) is 10.4 Å². The van der Waals surface area contributed by atoms with E-state index in [4.69, 9.17) is 14.2 Å². The molecule has 26 heavy (non-hydrogen) atoms. The lowest BCUT2D eigenvalue weighted by atomic mass is 10.1. The number of rotatable bonds is 7. The minimum absolute atomic E-state index is 0.104. The predicted molar refractivity (Wildman–Crippen MR) is 95.8 cm³/mol. The Balaban J connectivity index is 2.19. The summed E-state index contributed by atoms with van der Waals surface area (Å²) in [7, 11) is 4.74. The van der Waals surface area contributed by atoms with Crippen molar-refractivity contribution >= 4 is 17.7 Å². The molecule has 0 unspecified atom stereocenters. The smallest absolute Gasteiger partial charge is 0.343 e. The molecule has 1 amide bonds. The number of carbonyl (C=O) groups excluding carboxylic acids is 2. The Morgan fingerprint density at radius 2 is 1.88 bits per heavy atom. The first-order chi connectivity index (χ1) is 12.4. The molecule has 8 nitrogen and oxygen atoms in total. The lowest BCUT2D eigenvalue weighted by Crippen LogP contribution is -2.19. The topological polar surface area (TPSA) is 91.7 Å². The summed E-state index contributed by atoms with van der Waals surface area (Å²) in [6, 6.07) is 5.25. The first kappa shape index (κ1) is 19.3. The van der Waals surface area contributed by atoms with Crippen molar-refractivity contribution < 1.29 is 23.8 Å². The summed E-state index contributed by atoms with van der Waals surface area (Å²) >= 11 is 0. The number of amides is 1. The van der Waals surface area contributed by atoms with Crippen molar-refractivity contribution in [1.29, 1.82) is 0 Å². The zero-order valence-corrected chi connectivity index (χ0v) is 15.6. The molecule has 2 aromatic rings. The van der Waals surface area contributed by atoms with Crippen LogP contribution in [-0.2, 0) is 23.0 Å². The van der Waals surface area contributed by atoms with E-state index in [0.717, 1.165) is 5.56 Å². The molecule has 0 saturated heterocycles. The number of methoxy groups -OCH3 is 2. The van der Waals surface area contributed by atoms with Gasteiger partial charge in [0.15, 0.2) is 11.5 Å². The zero-order chi connectivity index (χ0) is 19.3. The Labute approximate surface area is 152 Å². The highest BCUT2D eigenvalue weighted by Gasteiger charge is 2.23. The van der Waals surface area contributed by atoms with Gasteiger partial charge in [-0.2, -0.15) is 5.10 Å². The Kier molecular flexibility index (Phi) is 6.21. The third kappa shape index (κ3) is 4.14. The minimum Gasteiger partial charge on any atom is -0.493 e. The fraction of sp³-hybridized carbons (Fsp3) is 0.389. The fourth-order valence-electron chi connectivity index (χ4n) is 2.60. The fourth-order valence-corrected chi connectivity index (χ4v) is 2.60. The summed E-state index contributed by atoms with van der Waals surface area (Å²) in [5, 5.41) is 6.93. The monoisotopic (exact) mass is 361 g/mol. The van der Waals surface area contributed by atoms with E-state index in [9.17, 15) is 9.59 Å². The Hall–Kier alpha value is -3.03. The molecule has 8 heteroatoms. The Morgan fingerprint density at radius 3 is 2.50 bits per heavy atom. The maximum absolute atomic E-state index is 12.5. The van der Waals surface area contributed by atoms with Crippen LogP contribution in [0.4, 0.5) is 5.82 Å². The first-order valence-corrected chi connectivity index (χ1v) is 8.12. The molecule has 2 rings (SSSR count). The molecule has 0 aliphatic heterocycles. The number of nitrogens with one attached hydrogen (secondary N) is 1. The number of aryl methyl sites for hydroxylation is 2. The molecule has 1 N–H and O–H groups in total.